The fourth-order valence-electron chi connectivity index (χ4n) is 2.40. The molecule has 144 valence electrons. The van der Waals surface area contributed by atoms with Crippen LogP contribution in [0, 0.1) is 12.7 Å². The molecule has 0 radical (unpaired) electrons. The molecule has 0 fully saturated rings. The van der Waals surface area contributed by atoms with Gasteiger partial charge in [-0.1, -0.05) is 6.07 Å². The molecule has 8 heteroatoms. The quantitative estimate of drug-likeness (QED) is 0.632. The third kappa shape index (κ3) is 4.72. The van der Waals surface area contributed by atoms with Crippen molar-refractivity contribution in [2.24, 2.45) is 0 Å². The van der Waals surface area contributed by atoms with Gasteiger partial charge in [-0.15, -0.1) is 11.3 Å². The highest BCUT2D eigenvalue weighted by molar-refractivity contribution is 7.14. The van der Waals surface area contributed by atoms with Gasteiger partial charge < -0.3 is 9.47 Å². The van der Waals surface area contributed by atoms with Gasteiger partial charge >= 0.3 is 5.97 Å². The second-order valence-corrected chi connectivity index (χ2v) is 6.71. The molecule has 0 aliphatic carbocycles. The summed E-state index contributed by atoms with van der Waals surface area (Å²) in [4.78, 5) is 28.4. The number of rotatable bonds is 6. The lowest BCUT2D eigenvalue weighted by molar-refractivity contribution is -0.119. The number of aryl methyl sites for hydroxylation is 1. The van der Waals surface area contributed by atoms with Crippen LogP contribution in [0.1, 0.15) is 15.9 Å². The van der Waals surface area contributed by atoms with Crippen LogP contribution in [0.15, 0.2) is 47.8 Å². The number of carbonyl (C=O) groups is 2. The minimum Gasteiger partial charge on any atom is -0.496 e. The minimum absolute atomic E-state index is 0.295. The van der Waals surface area contributed by atoms with Crippen LogP contribution in [0.2, 0.25) is 0 Å². The van der Waals surface area contributed by atoms with E-state index < -0.39 is 18.5 Å². The Labute approximate surface area is 164 Å². The number of nitrogens with zero attached hydrogens (tertiary/aromatic N) is 1. The second-order valence-electron chi connectivity index (χ2n) is 5.85. The molecule has 3 rings (SSSR count). The van der Waals surface area contributed by atoms with Gasteiger partial charge in [0.05, 0.1) is 18.4 Å². The Morgan fingerprint density at radius 2 is 1.93 bits per heavy atom. The van der Waals surface area contributed by atoms with Crippen LogP contribution in [0.3, 0.4) is 0 Å². The van der Waals surface area contributed by atoms with Crippen LogP contribution in [0.4, 0.5) is 9.52 Å². The average Bonchev–Trinajstić information content (AvgIpc) is 3.15. The number of esters is 1. The number of anilines is 1. The van der Waals surface area contributed by atoms with Gasteiger partial charge in [-0.05, 0) is 48.9 Å². The van der Waals surface area contributed by atoms with Crippen LogP contribution < -0.4 is 10.1 Å². The minimum atomic E-state index is -0.625. The van der Waals surface area contributed by atoms with E-state index in [-0.39, 0.29) is 5.82 Å². The lowest BCUT2D eigenvalue weighted by Gasteiger charge is -2.08. The van der Waals surface area contributed by atoms with E-state index >= 15 is 0 Å². The average molecular weight is 400 g/mol. The Balaban J connectivity index is 1.56. The molecule has 1 N–H and O–H groups in total. The fraction of sp³-hybridized carbons (Fsp3) is 0.150. The fourth-order valence-corrected chi connectivity index (χ4v) is 3.14. The maximum absolute atomic E-state index is 13.0. The van der Waals surface area contributed by atoms with Crippen molar-refractivity contribution in [3.8, 4) is 17.0 Å². The third-order valence-corrected chi connectivity index (χ3v) is 4.63. The summed E-state index contributed by atoms with van der Waals surface area (Å²) in [6.45, 7) is 1.41. The topological polar surface area (TPSA) is 77.5 Å². The highest BCUT2D eigenvalue weighted by Crippen LogP contribution is 2.25. The monoisotopic (exact) mass is 400 g/mol. The maximum atomic E-state index is 13.0. The first-order valence-electron chi connectivity index (χ1n) is 8.29. The number of nitrogens with one attached hydrogen (secondary N) is 1. The molecule has 3 aromatic rings. The lowest BCUT2D eigenvalue weighted by Crippen LogP contribution is -2.20. The van der Waals surface area contributed by atoms with Crippen molar-refractivity contribution in [2.45, 2.75) is 6.92 Å². The van der Waals surface area contributed by atoms with E-state index in [1.165, 1.54) is 30.6 Å². The molecule has 6 nitrogen and oxygen atoms in total. The number of methoxy groups -OCH3 is 1. The summed E-state index contributed by atoms with van der Waals surface area (Å²) in [5.41, 5.74) is 2.53. The molecule has 0 aliphatic rings. The zero-order valence-electron chi connectivity index (χ0n) is 15.2. The Bertz CT molecular complexity index is 1000. The molecule has 1 heterocycles. The van der Waals surface area contributed by atoms with Crippen LogP contribution in [-0.4, -0.2) is 30.6 Å². The summed E-state index contributed by atoms with van der Waals surface area (Å²) in [6.07, 6.45) is 0. The molecule has 1 amide bonds. The van der Waals surface area contributed by atoms with E-state index in [1.807, 2.05) is 6.92 Å². The molecule has 0 saturated heterocycles. The Hall–Kier alpha value is -3.26. The summed E-state index contributed by atoms with van der Waals surface area (Å²) >= 11 is 1.22. The van der Waals surface area contributed by atoms with Crippen molar-refractivity contribution in [1.82, 2.24) is 4.98 Å². The largest absolute Gasteiger partial charge is 0.496 e. The first kappa shape index (κ1) is 19.5. The van der Waals surface area contributed by atoms with Crippen molar-refractivity contribution in [3.63, 3.8) is 0 Å². The Morgan fingerprint density at radius 3 is 2.64 bits per heavy atom. The zero-order valence-corrected chi connectivity index (χ0v) is 16.0. The molecule has 0 spiro atoms. The number of halogens is 1. The maximum Gasteiger partial charge on any atom is 0.338 e. The van der Waals surface area contributed by atoms with Gasteiger partial charge in [0.2, 0.25) is 0 Å². The van der Waals surface area contributed by atoms with Crippen LogP contribution in [-0.2, 0) is 9.53 Å². The number of aromatic nitrogens is 1. The van der Waals surface area contributed by atoms with E-state index in [0.717, 1.165) is 11.1 Å². The summed E-state index contributed by atoms with van der Waals surface area (Å²) < 4.78 is 23.2. The van der Waals surface area contributed by atoms with E-state index in [0.29, 0.717) is 22.1 Å². The van der Waals surface area contributed by atoms with E-state index in [9.17, 15) is 14.0 Å². The SMILES string of the molecule is COc1cc(C(=O)OCC(=O)Nc2nc(-c3ccc(F)cc3)cs2)ccc1C. The van der Waals surface area contributed by atoms with Crippen LogP contribution >= 0.6 is 11.3 Å². The number of thiazole rings is 1. The van der Waals surface area contributed by atoms with Crippen molar-refractivity contribution in [1.29, 1.82) is 0 Å². The first-order chi connectivity index (χ1) is 13.5. The van der Waals surface area contributed by atoms with Crippen molar-refractivity contribution in [3.05, 3.63) is 64.8 Å². The van der Waals surface area contributed by atoms with Gasteiger partial charge in [0.1, 0.15) is 11.6 Å². The van der Waals surface area contributed by atoms with Gasteiger partial charge in [-0.3, -0.25) is 10.1 Å². The molecular formula is C20H17FN2O4S. The lowest BCUT2D eigenvalue weighted by atomic mass is 10.1. The summed E-state index contributed by atoms with van der Waals surface area (Å²) in [6, 6.07) is 10.8. The van der Waals surface area contributed by atoms with Crippen molar-refractivity contribution < 1.29 is 23.5 Å². The number of hydrogen-bond acceptors (Lipinski definition) is 6. The van der Waals surface area contributed by atoms with E-state index in [2.05, 4.69) is 10.3 Å². The molecule has 0 saturated carbocycles. The Kier molecular flexibility index (Phi) is 6.00. The number of hydrogen-bond donors (Lipinski definition) is 1. The van der Waals surface area contributed by atoms with Gasteiger partial charge in [0, 0.05) is 10.9 Å². The van der Waals surface area contributed by atoms with Gasteiger partial charge in [-0.2, -0.15) is 0 Å². The summed E-state index contributed by atoms with van der Waals surface area (Å²) in [5, 5.41) is 4.68. The smallest absolute Gasteiger partial charge is 0.338 e. The van der Waals surface area contributed by atoms with Gasteiger partial charge in [0.15, 0.2) is 11.7 Å². The van der Waals surface area contributed by atoms with Gasteiger partial charge in [0.25, 0.3) is 5.91 Å². The summed E-state index contributed by atoms with van der Waals surface area (Å²) in [5.74, 6) is -0.900. The molecular weight excluding hydrogens is 383 g/mol. The normalized spacial score (nSPS) is 10.4. The number of benzene rings is 2. The molecule has 0 atom stereocenters. The summed E-state index contributed by atoms with van der Waals surface area (Å²) in [7, 11) is 1.51. The van der Waals surface area contributed by atoms with Gasteiger partial charge in [-0.25, -0.2) is 14.2 Å². The zero-order chi connectivity index (χ0) is 20.1. The number of ether oxygens (including phenoxy) is 2. The van der Waals surface area contributed by atoms with Crippen LogP contribution in [0.5, 0.6) is 5.75 Å². The predicted octanol–water partition coefficient (Wildman–Crippen LogP) is 4.06. The third-order valence-electron chi connectivity index (χ3n) is 3.87. The number of amides is 1. The molecule has 2 aromatic carbocycles. The van der Waals surface area contributed by atoms with E-state index in [1.54, 1.807) is 35.7 Å². The molecule has 28 heavy (non-hydrogen) atoms. The second kappa shape index (κ2) is 8.62. The standard InChI is InChI=1S/C20H17FN2O4S/c1-12-3-4-14(9-17(12)26-2)19(25)27-10-18(24)23-20-22-16(11-28-20)13-5-7-15(21)8-6-13/h3-9,11H,10H2,1-2H3,(H,22,23,24). The molecule has 0 aliphatic heterocycles. The molecule has 0 bridgehead atoms. The highest BCUT2D eigenvalue weighted by atomic mass is 32.1. The van der Waals surface area contributed by atoms with Crippen molar-refractivity contribution in [2.75, 3.05) is 19.0 Å². The number of carbonyl (C=O) groups excluding carboxylic acids is 2. The molecule has 0 unspecified atom stereocenters. The predicted molar refractivity (Wildman–Crippen MR) is 104 cm³/mol. The van der Waals surface area contributed by atoms with Crippen molar-refractivity contribution >= 4 is 28.3 Å². The highest BCUT2D eigenvalue weighted by Gasteiger charge is 2.14. The molecule has 1 aromatic heterocycles. The first-order valence-corrected chi connectivity index (χ1v) is 9.17. The van der Waals surface area contributed by atoms with E-state index in [4.69, 9.17) is 9.47 Å². The Morgan fingerprint density at radius 1 is 1.18 bits per heavy atom. The van der Waals surface area contributed by atoms with Crippen LogP contribution in [0.25, 0.3) is 11.3 Å².